The van der Waals surface area contributed by atoms with Crippen molar-refractivity contribution in [3.63, 3.8) is 0 Å². The molecule has 0 unspecified atom stereocenters. The molecule has 0 aliphatic heterocycles. The number of hydrogen-bond acceptors (Lipinski definition) is 4. The smallest absolute Gasteiger partial charge is 0.336 e. The quantitative estimate of drug-likeness (QED) is 0.393. The van der Waals surface area contributed by atoms with Crippen molar-refractivity contribution in [2.45, 2.75) is 6.42 Å². The van der Waals surface area contributed by atoms with E-state index in [2.05, 4.69) is 4.90 Å². The van der Waals surface area contributed by atoms with Crippen molar-refractivity contribution in [1.29, 1.82) is 0 Å². The van der Waals surface area contributed by atoms with Crippen molar-refractivity contribution in [1.82, 2.24) is 4.90 Å². The molecule has 1 N–H and O–H groups in total. The molecule has 0 saturated carbocycles. The van der Waals surface area contributed by atoms with E-state index >= 15 is 0 Å². The summed E-state index contributed by atoms with van der Waals surface area (Å²) in [7, 11) is 5.57. The number of carbonyl (C=O) groups is 1. The lowest BCUT2D eigenvalue weighted by molar-refractivity contribution is -0.130. The van der Waals surface area contributed by atoms with Gasteiger partial charge in [0.15, 0.2) is 0 Å². The number of rotatable bonds is 9. The number of hydrogen-bond donors (Lipinski definition) is 1. The minimum atomic E-state index is -1.03. The maximum atomic E-state index is 11.8. The zero-order valence-corrected chi connectivity index (χ0v) is 16.5. The van der Waals surface area contributed by atoms with Crippen molar-refractivity contribution in [2.24, 2.45) is 0 Å². The fourth-order valence-electron chi connectivity index (χ4n) is 2.52. The number of nitrogens with zero attached hydrogens (tertiary/aromatic N) is 1. The van der Waals surface area contributed by atoms with Gasteiger partial charge in [0.25, 0.3) is 0 Å². The standard InChI is InChI=1S/C21H24ClNO4/c1-23(2)11-4-12-27-20-10-7-17(22)13-16(20)14-19(21(24)25)15-5-8-18(26-3)9-6-15/h5-10,13-14H,4,11-12H2,1-3H3,(H,24,25)/b19-14-. The summed E-state index contributed by atoms with van der Waals surface area (Å²) in [6.45, 7) is 1.44. The van der Waals surface area contributed by atoms with Crippen LogP contribution in [0.2, 0.25) is 5.02 Å². The van der Waals surface area contributed by atoms with E-state index in [1.165, 1.54) is 0 Å². The van der Waals surface area contributed by atoms with Crippen LogP contribution in [0.3, 0.4) is 0 Å². The summed E-state index contributed by atoms with van der Waals surface area (Å²) in [6.07, 6.45) is 2.44. The molecule has 0 heterocycles. The first-order valence-electron chi connectivity index (χ1n) is 8.57. The number of carboxylic acids is 1. The Bertz CT molecular complexity index is 800. The third kappa shape index (κ3) is 6.31. The first kappa shape index (κ1) is 20.8. The molecule has 2 aromatic carbocycles. The highest BCUT2D eigenvalue weighted by Gasteiger charge is 2.13. The first-order chi connectivity index (χ1) is 12.9. The van der Waals surface area contributed by atoms with E-state index in [-0.39, 0.29) is 5.57 Å². The summed E-state index contributed by atoms with van der Waals surface area (Å²) in [6, 6.07) is 12.1. The number of methoxy groups -OCH3 is 1. The number of benzene rings is 2. The zero-order valence-electron chi connectivity index (χ0n) is 15.7. The average Bonchev–Trinajstić information content (AvgIpc) is 2.64. The van der Waals surface area contributed by atoms with Gasteiger partial charge in [0, 0.05) is 17.1 Å². The molecular weight excluding hydrogens is 366 g/mol. The van der Waals surface area contributed by atoms with Gasteiger partial charge in [0.2, 0.25) is 0 Å². The molecule has 0 radical (unpaired) electrons. The van der Waals surface area contributed by atoms with Crippen LogP contribution in [0.4, 0.5) is 0 Å². The van der Waals surface area contributed by atoms with Gasteiger partial charge in [-0.05, 0) is 62.5 Å². The van der Waals surface area contributed by atoms with Crippen LogP contribution in [0.5, 0.6) is 11.5 Å². The molecule has 6 heteroatoms. The molecule has 0 aromatic heterocycles. The van der Waals surface area contributed by atoms with Crippen LogP contribution in [-0.2, 0) is 4.79 Å². The minimum absolute atomic E-state index is 0.151. The first-order valence-corrected chi connectivity index (χ1v) is 8.95. The SMILES string of the molecule is COc1ccc(/C(=C/c2cc(Cl)ccc2OCCCN(C)C)C(=O)O)cc1. The van der Waals surface area contributed by atoms with E-state index in [1.807, 2.05) is 14.1 Å². The molecule has 5 nitrogen and oxygen atoms in total. The monoisotopic (exact) mass is 389 g/mol. The van der Waals surface area contributed by atoms with Gasteiger partial charge >= 0.3 is 5.97 Å². The van der Waals surface area contributed by atoms with E-state index in [1.54, 1.807) is 55.7 Å². The molecule has 2 aromatic rings. The molecule has 0 bridgehead atoms. The Morgan fingerprint density at radius 3 is 2.48 bits per heavy atom. The second-order valence-corrected chi connectivity index (χ2v) is 6.72. The van der Waals surface area contributed by atoms with Crippen molar-refractivity contribution < 1.29 is 19.4 Å². The van der Waals surface area contributed by atoms with Gasteiger partial charge in [-0.2, -0.15) is 0 Å². The fourth-order valence-corrected chi connectivity index (χ4v) is 2.70. The predicted molar refractivity (Wildman–Crippen MR) is 109 cm³/mol. The topological polar surface area (TPSA) is 59.0 Å². The van der Waals surface area contributed by atoms with E-state index in [9.17, 15) is 9.90 Å². The number of ether oxygens (including phenoxy) is 2. The summed E-state index contributed by atoms with van der Waals surface area (Å²) < 4.78 is 11.0. The molecule has 2 rings (SSSR count). The van der Waals surface area contributed by atoms with Crippen LogP contribution in [0.1, 0.15) is 17.5 Å². The molecule has 0 amide bonds. The molecule has 0 aliphatic carbocycles. The molecule has 0 saturated heterocycles. The van der Waals surface area contributed by atoms with Gasteiger partial charge in [0.05, 0.1) is 19.3 Å². The molecule has 0 spiro atoms. The van der Waals surface area contributed by atoms with Crippen molar-refractivity contribution in [3.8, 4) is 11.5 Å². The number of carboxylic acid groups (broad SMARTS) is 1. The van der Waals surface area contributed by atoms with Crippen molar-refractivity contribution in [3.05, 3.63) is 58.6 Å². The van der Waals surface area contributed by atoms with Crippen LogP contribution in [-0.4, -0.2) is 50.3 Å². The van der Waals surface area contributed by atoms with Crippen LogP contribution >= 0.6 is 11.6 Å². The Morgan fingerprint density at radius 2 is 1.89 bits per heavy atom. The molecule has 144 valence electrons. The highest BCUT2D eigenvalue weighted by Crippen LogP contribution is 2.29. The van der Waals surface area contributed by atoms with Gasteiger partial charge in [-0.3, -0.25) is 0 Å². The average molecular weight is 390 g/mol. The largest absolute Gasteiger partial charge is 0.497 e. The molecular formula is C21H24ClNO4. The Kier molecular flexibility index (Phi) is 7.70. The third-order valence-corrected chi connectivity index (χ3v) is 4.15. The second kappa shape index (κ2) is 10.00. The summed E-state index contributed by atoms with van der Waals surface area (Å²) in [5, 5.41) is 10.2. The van der Waals surface area contributed by atoms with E-state index in [0.717, 1.165) is 13.0 Å². The van der Waals surface area contributed by atoms with E-state index < -0.39 is 5.97 Å². The van der Waals surface area contributed by atoms with E-state index in [4.69, 9.17) is 21.1 Å². The Balaban J connectivity index is 2.31. The number of aliphatic carboxylic acids is 1. The third-order valence-electron chi connectivity index (χ3n) is 3.91. The summed E-state index contributed by atoms with van der Waals surface area (Å²) in [5.41, 5.74) is 1.35. The fraction of sp³-hybridized carbons (Fsp3) is 0.286. The number of halogens is 1. The summed E-state index contributed by atoms with van der Waals surface area (Å²) >= 11 is 6.11. The summed E-state index contributed by atoms with van der Waals surface area (Å²) in [4.78, 5) is 13.9. The second-order valence-electron chi connectivity index (χ2n) is 6.28. The highest BCUT2D eigenvalue weighted by atomic mass is 35.5. The molecule has 27 heavy (non-hydrogen) atoms. The lowest BCUT2D eigenvalue weighted by Crippen LogP contribution is -2.15. The van der Waals surface area contributed by atoms with Crippen LogP contribution < -0.4 is 9.47 Å². The van der Waals surface area contributed by atoms with Crippen LogP contribution in [0, 0.1) is 0 Å². The van der Waals surface area contributed by atoms with Crippen molar-refractivity contribution >= 4 is 29.2 Å². The zero-order chi connectivity index (χ0) is 19.8. The Morgan fingerprint density at radius 1 is 1.19 bits per heavy atom. The maximum Gasteiger partial charge on any atom is 0.336 e. The lowest BCUT2D eigenvalue weighted by atomic mass is 10.0. The van der Waals surface area contributed by atoms with Gasteiger partial charge in [-0.1, -0.05) is 23.7 Å². The van der Waals surface area contributed by atoms with Crippen LogP contribution in [0.25, 0.3) is 11.6 Å². The van der Waals surface area contributed by atoms with Gasteiger partial charge in [0.1, 0.15) is 11.5 Å². The summed E-state index contributed by atoms with van der Waals surface area (Å²) in [5.74, 6) is 0.236. The minimum Gasteiger partial charge on any atom is -0.497 e. The Labute approximate surface area is 164 Å². The van der Waals surface area contributed by atoms with Gasteiger partial charge in [-0.15, -0.1) is 0 Å². The Hall–Kier alpha value is -2.50. The molecule has 0 aliphatic rings. The van der Waals surface area contributed by atoms with Crippen molar-refractivity contribution in [2.75, 3.05) is 34.4 Å². The highest BCUT2D eigenvalue weighted by molar-refractivity contribution is 6.31. The van der Waals surface area contributed by atoms with Gasteiger partial charge in [-0.25, -0.2) is 4.79 Å². The molecule has 0 fully saturated rings. The lowest BCUT2D eigenvalue weighted by Gasteiger charge is -2.13. The molecule has 0 atom stereocenters. The maximum absolute atomic E-state index is 11.8. The predicted octanol–water partition coefficient (Wildman–Crippen LogP) is 4.30. The van der Waals surface area contributed by atoms with Gasteiger partial charge < -0.3 is 19.5 Å². The normalized spacial score (nSPS) is 11.5. The van der Waals surface area contributed by atoms with Crippen LogP contribution in [0.15, 0.2) is 42.5 Å². The van der Waals surface area contributed by atoms with E-state index in [0.29, 0.717) is 34.3 Å².